The van der Waals surface area contributed by atoms with Gasteiger partial charge in [-0.05, 0) is 49.9 Å². The first-order chi connectivity index (χ1) is 11.3. The van der Waals surface area contributed by atoms with Crippen LogP contribution in [0.15, 0.2) is 24.3 Å². The van der Waals surface area contributed by atoms with Crippen LogP contribution in [0.4, 0.5) is 4.79 Å². The van der Waals surface area contributed by atoms with Gasteiger partial charge in [-0.25, -0.2) is 4.79 Å². The molecule has 0 unspecified atom stereocenters. The Labute approximate surface area is 139 Å². The molecule has 2 amide bonds. The quantitative estimate of drug-likeness (QED) is 0.874. The molecule has 0 aromatic heterocycles. The molecular formula is C19H29N3O. The van der Waals surface area contributed by atoms with Gasteiger partial charge < -0.3 is 10.6 Å². The molecule has 126 valence electrons. The Morgan fingerprint density at radius 2 is 1.70 bits per heavy atom. The molecular weight excluding hydrogens is 286 g/mol. The molecule has 1 heterocycles. The maximum Gasteiger partial charge on any atom is 0.315 e. The molecule has 1 aliphatic carbocycles. The lowest BCUT2D eigenvalue weighted by molar-refractivity contribution is 0.232. The highest BCUT2D eigenvalue weighted by molar-refractivity contribution is 5.74. The fraction of sp³-hybridized carbons (Fsp3) is 0.632. The van der Waals surface area contributed by atoms with Crippen LogP contribution in [0.25, 0.3) is 0 Å². The van der Waals surface area contributed by atoms with E-state index in [-0.39, 0.29) is 6.03 Å². The third-order valence-corrected chi connectivity index (χ3v) is 5.09. The van der Waals surface area contributed by atoms with Crippen molar-refractivity contribution >= 4 is 6.03 Å². The molecule has 4 nitrogen and oxygen atoms in total. The van der Waals surface area contributed by atoms with E-state index in [1.54, 1.807) is 0 Å². The predicted octanol–water partition coefficient (Wildman–Crippen LogP) is 3.41. The number of nitrogens with zero attached hydrogens (tertiary/aromatic N) is 1. The van der Waals surface area contributed by atoms with Crippen molar-refractivity contribution < 1.29 is 4.79 Å². The normalized spacial score (nSPS) is 19.7. The maximum atomic E-state index is 12.1. The van der Waals surface area contributed by atoms with Crippen molar-refractivity contribution in [1.82, 2.24) is 15.5 Å². The molecule has 1 aliphatic heterocycles. The van der Waals surface area contributed by atoms with E-state index < -0.39 is 0 Å². The van der Waals surface area contributed by atoms with Crippen molar-refractivity contribution in [2.45, 2.75) is 64.1 Å². The fourth-order valence-corrected chi connectivity index (χ4v) is 3.72. The van der Waals surface area contributed by atoms with Gasteiger partial charge in [-0.2, -0.15) is 0 Å². The van der Waals surface area contributed by atoms with E-state index in [9.17, 15) is 4.79 Å². The second kappa shape index (κ2) is 8.34. The van der Waals surface area contributed by atoms with Gasteiger partial charge in [0, 0.05) is 19.1 Å². The monoisotopic (exact) mass is 315 g/mol. The summed E-state index contributed by atoms with van der Waals surface area (Å²) in [6, 6.07) is 8.82. The molecule has 4 heteroatoms. The number of nitrogens with one attached hydrogen (secondary N) is 2. The number of hydrogen-bond acceptors (Lipinski definition) is 2. The molecule has 1 aromatic rings. The van der Waals surface area contributed by atoms with E-state index in [4.69, 9.17) is 0 Å². The zero-order chi connectivity index (χ0) is 15.9. The highest BCUT2D eigenvalue weighted by atomic mass is 16.2. The van der Waals surface area contributed by atoms with Gasteiger partial charge in [0.1, 0.15) is 0 Å². The molecule has 23 heavy (non-hydrogen) atoms. The van der Waals surface area contributed by atoms with Crippen LogP contribution in [-0.2, 0) is 13.1 Å². The highest BCUT2D eigenvalue weighted by Crippen LogP contribution is 2.18. The van der Waals surface area contributed by atoms with Crippen LogP contribution in [0, 0.1) is 0 Å². The Hall–Kier alpha value is -1.55. The SMILES string of the molecule is O=C(NCc1ccccc1CN1CCCC1)NC1CCCCC1. The van der Waals surface area contributed by atoms with Gasteiger partial charge in [-0.1, -0.05) is 43.5 Å². The van der Waals surface area contributed by atoms with Crippen molar-refractivity contribution in [3.05, 3.63) is 35.4 Å². The number of urea groups is 1. The summed E-state index contributed by atoms with van der Waals surface area (Å²) in [6.45, 7) is 4.01. The highest BCUT2D eigenvalue weighted by Gasteiger charge is 2.16. The summed E-state index contributed by atoms with van der Waals surface area (Å²) in [5.41, 5.74) is 2.57. The number of hydrogen-bond donors (Lipinski definition) is 2. The second-order valence-corrected chi connectivity index (χ2v) is 6.91. The molecule has 3 rings (SSSR count). The minimum atomic E-state index is -0.0205. The lowest BCUT2D eigenvalue weighted by atomic mass is 9.96. The number of amides is 2. The molecule has 0 spiro atoms. The summed E-state index contributed by atoms with van der Waals surface area (Å²) in [5.74, 6) is 0. The summed E-state index contributed by atoms with van der Waals surface area (Å²) < 4.78 is 0. The number of carbonyl (C=O) groups is 1. The van der Waals surface area contributed by atoms with Gasteiger partial charge >= 0.3 is 6.03 Å². The molecule has 0 bridgehead atoms. The Morgan fingerprint density at radius 1 is 1.00 bits per heavy atom. The Morgan fingerprint density at radius 3 is 2.43 bits per heavy atom. The Balaban J connectivity index is 1.49. The van der Waals surface area contributed by atoms with Crippen LogP contribution < -0.4 is 10.6 Å². The van der Waals surface area contributed by atoms with Crippen molar-refractivity contribution in [3.8, 4) is 0 Å². The van der Waals surface area contributed by atoms with Gasteiger partial charge in [0.25, 0.3) is 0 Å². The number of rotatable bonds is 5. The molecule has 1 saturated heterocycles. The van der Waals surface area contributed by atoms with Gasteiger partial charge in [0.2, 0.25) is 0 Å². The summed E-state index contributed by atoms with van der Waals surface area (Å²) in [6.07, 6.45) is 8.66. The lowest BCUT2D eigenvalue weighted by Crippen LogP contribution is -2.42. The van der Waals surface area contributed by atoms with Gasteiger partial charge in [-0.15, -0.1) is 0 Å². The standard InChI is InChI=1S/C19H29N3O/c23-19(21-18-10-2-1-3-11-18)20-14-16-8-4-5-9-17(16)15-22-12-6-7-13-22/h4-5,8-9,18H,1-3,6-7,10-15H2,(H2,20,21,23). The predicted molar refractivity (Wildman–Crippen MR) is 93.2 cm³/mol. The fourth-order valence-electron chi connectivity index (χ4n) is 3.72. The van der Waals surface area contributed by atoms with Crippen molar-refractivity contribution in [2.24, 2.45) is 0 Å². The first kappa shape index (κ1) is 16.3. The van der Waals surface area contributed by atoms with Crippen LogP contribution >= 0.6 is 0 Å². The molecule has 1 aromatic carbocycles. The summed E-state index contributed by atoms with van der Waals surface area (Å²) in [5, 5.41) is 6.16. The smallest absolute Gasteiger partial charge is 0.315 e. The van der Waals surface area contributed by atoms with E-state index in [0.717, 1.165) is 19.4 Å². The largest absolute Gasteiger partial charge is 0.335 e. The van der Waals surface area contributed by atoms with Crippen LogP contribution in [0.1, 0.15) is 56.1 Å². The minimum absolute atomic E-state index is 0.0205. The van der Waals surface area contributed by atoms with Crippen LogP contribution in [-0.4, -0.2) is 30.1 Å². The van der Waals surface area contributed by atoms with E-state index in [1.807, 2.05) is 0 Å². The minimum Gasteiger partial charge on any atom is -0.335 e. The van der Waals surface area contributed by atoms with Crippen molar-refractivity contribution in [2.75, 3.05) is 13.1 Å². The topological polar surface area (TPSA) is 44.4 Å². The summed E-state index contributed by atoms with van der Waals surface area (Å²) in [4.78, 5) is 14.6. The zero-order valence-electron chi connectivity index (χ0n) is 14.0. The van der Waals surface area contributed by atoms with E-state index in [0.29, 0.717) is 12.6 Å². The average molecular weight is 315 g/mol. The first-order valence-electron chi connectivity index (χ1n) is 9.15. The van der Waals surface area contributed by atoms with Crippen molar-refractivity contribution in [3.63, 3.8) is 0 Å². The van der Waals surface area contributed by atoms with Gasteiger partial charge in [0.05, 0.1) is 0 Å². The van der Waals surface area contributed by atoms with Gasteiger partial charge in [-0.3, -0.25) is 4.90 Å². The zero-order valence-corrected chi connectivity index (χ0v) is 14.0. The van der Waals surface area contributed by atoms with E-state index in [1.165, 1.54) is 56.3 Å². The Kier molecular flexibility index (Phi) is 5.92. The van der Waals surface area contributed by atoms with Crippen LogP contribution in [0.5, 0.6) is 0 Å². The number of likely N-dealkylation sites (tertiary alicyclic amines) is 1. The van der Waals surface area contributed by atoms with Gasteiger partial charge in [0.15, 0.2) is 0 Å². The third-order valence-electron chi connectivity index (χ3n) is 5.09. The average Bonchev–Trinajstić information content (AvgIpc) is 3.08. The van der Waals surface area contributed by atoms with Crippen LogP contribution in [0.3, 0.4) is 0 Å². The summed E-state index contributed by atoms with van der Waals surface area (Å²) >= 11 is 0. The molecule has 0 atom stereocenters. The summed E-state index contributed by atoms with van der Waals surface area (Å²) in [7, 11) is 0. The Bertz CT molecular complexity index is 505. The van der Waals surface area contributed by atoms with Crippen LogP contribution in [0.2, 0.25) is 0 Å². The molecule has 2 fully saturated rings. The maximum absolute atomic E-state index is 12.1. The third kappa shape index (κ3) is 4.96. The van der Waals surface area contributed by atoms with E-state index >= 15 is 0 Å². The molecule has 2 aliphatic rings. The molecule has 0 radical (unpaired) electrons. The lowest BCUT2D eigenvalue weighted by Gasteiger charge is -2.23. The molecule has 1 saturated carbocycles. The molecule has 2 N–H and O–H groups in total. The van der Waals surface area contributed by atoms with Crippen molar-refractivity contribution in [1.29, 1.82) is 0 Å². The van der Waals surface area contributed by atoms with E-state index in [2.05, 4.69) is 39.8 Å². The second-order valence-electron chi connectivity index (χ2n) is 6.91. The first-order valence-corrected chi connectivity index (χ1v) is 9.15. The number of benzene rings is 1. The number of carbonyl (C=O) groups excluding carboxylic acids is 1.